The smallest absolute Gasteiger partial charge is 0.306 e. The Bertz CT molecular complexity index is 1370. The van der Waals surface area contributed by atoms with Crippen molar-refractivity contribution in [3.63, 3.8) is 0 Å². The summed E-state index contributed by atoms with van der Waals surface area (Å²) in [4.78, 5) is 26.1. The number of aromatic hydroxyl groups is 1. The standard InChI is InChI=1S/C30H29NO4/c1-4-35-28(32)18-17-20-9-5-6-10-23(20)21-13-15-22(16-14-21)26-19-27(30(34)31(2)3)29(33)25-12-8-7-11-24(25)26/h5-16,19,33H,4,17-18H2,1-3H3. The van der Waals surface area contributed by atoms with E-state index in [-0.39, 0.29) is 23.2 Å². The van der Waals surface area contributed by atoms with Crippen LogP contribution in [0.15, 0.2) is 78.9 Å². The van der Waals surface area contributed by atoms with Gasteiger partial charge in [-0.1, -0.05) is 72.8 Å². The lowest BCUT2D eigenvalue weighted by atomic mass is 9.92. The number of hydrogen-bond donors (Lipinski definition) is 1. The fourth-order valence-corrected chi connectivity index (χ4v) is 4.32. The number of hydrogen-bond acceptors (Lipinski definition) is 4. The van der Waals surface area contributed by atoms with E-state index >= 15 is 0 Å². The van der Waals surface area contributed by atoms with Gasteiger partial charge in [-0.05, 0) is 52.6 Å². The lowest BCUT2D eigenvalue weighted by molar-refractivity contribution is -0.143. The van der Waals surface area contributed by atoms with Gasteiger partial charge in [0, 0.05) is 25.9 Å². The summed E-state index contributed by atoms with van der Waals surface area (Å²) in [7, 11) is 3.34. The Hall–Kier alpha value is -4.12. The van der Waals surface area contributed by atoms with Gasteiger partial charge in [-0.25, -0.2) is 0 Å². The summed E-state index contributed by atoms with van der Waals surface area (Å²) in [5.41, 5.74) is 5.30. The summed E-state index contributed by atoms with van der Waals surface area (Å²) in [6.07, 6.45) is 0.945. The SMILES string of the molecule is CCOC(=O)CCc1ccccc1-c1ccc(-c2cc(C(=O)N(C)C)c(O)c3ccccc23)cc1. The predicted molar refractivity (Wildman–Crippen MR) is 139 cm³/mol. The van der Waals surface area contributed by atoms with E-state index in [0.29, 0.717) is 24.8 Å². The molecule has 0 atom stereocenters. The number of ether oxygens (including phenoxy) is 1. The maximum Gasteiger partial charge on any atom is 0.306 e. The topological polar surface area (TPSA) is 66.8 Å². The maximum atomic E-state index is 12.8. The molecule has 4 aromatic carbocycles. The maximum absolute atomic E-state index is 12.8. The second kappa shape index (κ2) is 10.4. The minimum Gasteiger partial charge on any atom is -0.506 e. The second-order valence-electron chi connectivity index (χ2n) is 8.60. The predicted octanol–water partition coefficient (Wildman–Crippen LogP) is 6.08. The fourth-order valence-electron chi connectivity index (χ4n) is 4.32. The molecule has 0 fully saturated rings. The van der Waals surface area contributed by atoms with E-state index in [4.69, 9.17) is 4.74 Å². The Morgan fingerprint density at radius 1 is 0.829 bits per heavy atom. The molecule has 0 saturated heterocycles. The number of phenols is 1. The lowest BCUT2D eigenvalue weighted by Gasteiger charge is -2.16. The minimum absolute atomic E-state index is 0.00445. The highest BCUT2D eigenvalue weighted by Gasteiger charge is 2.19. The molecular formula is C30H29NO4. The number of aryl methyl sites for hydroxylation is 1. The molecule has 0 bridgehead atoms. The lowest BCUT2D eigenvalue weighted by Crippen LogP contribution is -2.21. The van der Waals surface area contributed by atoms with Gasteiger partial charge in [-0.15, -0.1) is 0 Å². The van der Waals surface area contributed by atoms with Crippen LogP contribution in [-0.4, -0.2) is 42.6 Å². The van der Waals surface area contributed by atoms with Crippen LogP contribution in [0.1, 0.15) is 29.3 Å². The first-order valence-corrected chi connectivity index (χ1v) is 11.7. The van der Waals surface area contributed by atoms with Crippen LogP contribution < -0.4 is 0 Å². The number of carbonyl (C=O) groups is 2. The molecule has 178 valence electrons. The molecular weight excluding hydrogens is 438 g/mol. The van der Waals surface area contributed by atoms with Gasteiger partial charge in [-0.3, -0.25) is 9.59 Å². The zero-order chi connectivity index (χ0) is 24.9. The van der Waals surface area contributed by atoms with Gasteiger partial charge in [0.1, 0.15) is 5.75 Å². The van der Waals surface area contributed by atoms with Crippen LogP contribution in [0.25, 0.3) is 33.0 Å². The van der Waals surface area contributed by atoms with Crippen molar-refractivity contribution in [2.24, 2.45) is 0 Å². The van der Waals surface area contributed by atoms with E-state index in [1.807, 2.05) is 73.7 Å². The normalized spacial score (nSPS) is 10.8. The van der Waals surface area contributed by atoms with Crippen molar-refractivity contribution in [2.45, 2.75) is 19.8 Å². The molecule has 5 nitrogen and oxygen atoms in total. The number of amides is 1. The van der Waals surface area contributed by atoms with Gasteiger partial charge in [0.25, 0.3) is 5.91 Å². The van der Waals surface area contributed by atoms with E-state index in [9.17, 15) is 14.7 Å². The van der Waals surface area contributed by atoms with Crippen molar-refractivity contribution in [3.05, 3.63) is 90.0 Å². The molecule has 0 spiro atoms. The Labute approximate surface area is 205 Å². The number of fused-ring (bicyclic) bond motifs is 1. The molecule has 35 heavy (non-hydrogen) atoms. The Kier molecular flexibility index (Phi) is 7.16. The Balaban J connectivity index is 1.73. The summed E-state index contributed by atoms with van der Waals surface area (Å²) in [6.45, 7) is 2.19. The van der Waals surface area contributed by atoms with Crippen molar-refractivity contribution in [1.29, 1.82) is 0 Å². The molecule has 0 heterocycles. The van der Waals surface area contributed by atoms with E-state index in [2.05, 4.69) is 6.07 Å². The summed E-state index contributed by atoms with van der Waals surface area (Å²) < 4.78 is 5.07. The highest BCUT2D eigenvalue weighted by atomic mass is 16.5. The molecule has 0 radical (unpaired) electrons. The first kappa shape index (κ1) is 24.0. The van der Waals surface area contributed by atoms with Crippen LogP contribution in [0.5, 0.6) is 5.75 Å². The number of nitrogens with zero attached hydrogens (tertiary/aromatic N) is 1. The van der Waals surface area contributed by atoms with Crippen LogP contribution >= 0.6 is 0 Å². The number of benzene rings is 4. The average molecular weight is 468 g/mol. The van der Waals surface area contributed by atoms with Crippen molar-refractivity contribution in [3.8, 4) is 28.0 Å². The monoisotopic (exact) mass is 467 g/mol. The molecule has 0 aliphatic carbocycles. The molecule has 4 rings (SSSR count). The van der Waals surface area contributed by atoms with Gasteiger partial charge < -0.3 is 14.7 Å². The first-order chi connectivity index (χ1) is 16.9. The zero-order valence-electron chi connectivity index (χ0n) is 20.2. The van der Waals surface area contributed by atoms with Crippen molar-refractivity contribution in [2.75, 3.05) is 20.7 Å². The summed E-state index contributed by atoms with van der Waals surface area (Å²) >= 11 is 0. The van der Waals surface area contributed by atoms with Gasteiger partial charge in [-0.2, -0.15) is 0 Å². The highest BCUT2D eigenvalue weighted by Crippen LogP contribution is 2.38. The first-order valence-electron chi connectivity index (χ1n) is 11.7. The van der Waals surface area contributed by atoms with Gasteiger partial charge in [0.15, 0.2) is 0 Å². The molecule has 1 amide bonds. The van der Waals surface area contributed by atoms with E-state index < -0.39 is 0 Å². The largest absolute Gasteiger partial charge is 0.506 e. The van der Waals surface area contributed by atoms with Gasteiger partial charge in [0.2, 0.25) is 0 Å². The quantitative estimate of drug-likeness (QED) is 0.335. The third kappa shape index (κ3) is 5.04. The summed E-state index contributed by atoms with van der Waals surface area (Å²) in [5.74, 6) is -0.447. The Morgan fingerprint density at radius 2 is 1.43 bits per heavy atom. The third-order valence-electron chi connectivity index (χ3n) is 6.08. The van der Waals surface area contributed by atoms with E-state index in [0.717, 1.165) is 33.2 Å². The number of esters is 1. The molecule has 4 aromatic rings. The van der Waals surface area contributed by atoms with Crippen LogP contribution in [0, 0.1) is 0 Å². The summed E-state index contributed by atoms with van der Waals surface area (Å²) in [5, 5.41) is 12.3. The molecule has 0 aromatic heterocycles. The number of rotatable bonds is 7. The second-order valence-corrected chi connectivity index (χ2v) is 8.60. The fraction of sp³-hybridized carbons (Fsp3) is 0.200. The van der Waals surface area contributed by atoms with Crippen LogP contribution in [0.4, 0.5) is 0 Å². The molecule has 0 aliphatic rings. The van der Waals surface area contributed by atoms with E-state index in [1.165, 1.54) is 4.90 Å². The Morgan fingerprint density at radius 3 is 2.09 bits per heavy atom. The van der Waals surface area contributed by atoms with Crippen molar-refractivity contribution < 1.29 is 19.4 Å². The van der Waals surface area contributed by atoms with Crippen molar-refractivity contribution in [1.82, 2.24) is 4.90 Å². The van der Waals surface area contributed by atoms with Crippen LogP contribution in [0.2, 0.25) is 0 Å². The molecule has 0 unspecified atom stereocenters. The molecule has 0 saturated carbocycles. The number of phenolic OH excluding ortho intramolecular Hbond substituents is 1. The van der Waals surface area contributed by atoms with Crippen LogP contribution in [-0.2, 0) is 16.0 Å². The molecule has 0 aliphatic heterocycles. The zero-order valence-corrected chi connectivity index (χ0v) is 20.2. The third-order valence-corrected chi connectivity index (χ3v) is 6.08. The van der Waals surface area contributed by atoms with Gasteiger partial charge >= 0.3 is 5.97 Å². The van der Waals surface area contributed by atoms with Gasteiger partial charge in [0.05, 0.1) is 12.2 Å². The van der Waals surface area contributed by atoms with Crippen LogP contribution in [0.3, 0.4) is 0 Å². The van der Waals surface area contributed by atoms with Crippen molar-refractivity contribution >= 4 is 22.6 Å². The minimum atomic E-state index is -0.248. The molecule has 1 N–H and O–H groups in total. The summed E-state index contributed by atoms with van der Waals surface area (Å²) in [6, 6.07) is 25.5. The number of carbonyl (C=O) groups excluding carboxylic acids is 2. The molecule has 5 heteroatoms. The highest BCUT2D eigenvalue weighted by molar-refractivity contribution is 6.09. The van der Waals surface area contributed by atoms with E-state index in [1.54, 1.807) is 20.2 Å². The average Bonchev–Trinajstić information content (AvgIpc) is 2.88.